The predicted molar refractivity (Wildman–Crippen MR) is 170 cm³/mol. The van der Waals surface area contributed by atoms with Gasteiger partial charge in [-0.3, -0.25) is 14.4 Å². The highest BCUT2D eigenvalue weighted by Gasteiger charge is 2.79. The summed E-state index contributed by atoms with van der Waals surface area (Å²) in [6.45, 7) is 19.8. The number of anilines is 2. The van der Waals surface area contributed by atoms with Crippen molar-refractivity contribution in [3.05, 3.63) is 49.6 Å². The van der Waals surface area contributed by atoms with Crippen LogP contribution in [0.15, 0.2) is 49.6 Å². The SMILES string of the molecule is C=CCN(C)C(=O)[C@H]1[C@H]2C(=O)N([C@@H](CO)[C@@H](C)CC)C(C(=O)N(CC=C)c3ccc(N(CC)CC)cc3)C23CC[C@]1(C)O3. The topological polar surface area (TPSA) is 93.6 Å². The van der Waals surface area contributed by atoms with Crippen molar-refractivity contribution in [3.63, 3.8) is 0 Å². The van der Waals surface area contributed by atoms with Crippen molar-refractivity contribution in [3.8, 4) is 0 Å². The Labute approximate surface area is 257 Å². The van der Waals surface area contributed by atoms with Gasteiger partial charge in [-0.2, -0.15) is 0 Å². The second kappa shape index (κ2) is 12.8. The zero-order valence-electron chi connectivity index (χ0n) is 26.8. The summed E-state index contributed by atoms with van der Waals surface area (Å²) in [5, 5.41) is 10.6. The molecule has 0 aromatic heterocycles. The number of amides is 3. The maximum absolute atomic E-state index is 14.9. The fourth-order valence-corrected chi connectivity index (χ4v) is 7.74. The van der Waals surface area contributed by atoms with E-state index in [-0.39, 0.29) is 36.8 Å². The molecule has 2 unspecified atom stereocenters. The van der Waals surface area contributed by atoms with E-state index >= 15 is 0 Å². The molecule has 3 amide bonds. The molecule has 0 radical (unpaired) electrons. The lowest BCUT2D eigenvalue weighted by molar-refractivity contribution is -0.152. The zero-order valence-corrected chi connectivity index (χ0v) is 26.8. The average molecular weight is 595 g/mol. The maximum atomic E-state index is 14.9. The molecule has 3 aliphatic heterocycles. The van der Waals surface area contributed by atoms with E-state index in [9.17, 15) is 19.5 Å². The molecule has 43 heavy (non-hydrogen) atoms. The van der Waals surface area contributed by atoms with E-state index < -0.39 is 35.1 Å². The number of aliphatic hydroxyl groups is 1. The molecule has 3 heterocycles. The molecule has 3 fully saturated rings. The highest BCUT2D eigenvalue weighted by atomic mass is 16.5. The van der Waals surface area contributed by atoms with Gasteiger partial charge >= 0.3 is 0 Å². The smallest absolute Gasteiger partial charge is 0.253 e. The Morgan fingerprint density at radius 2 is 1.67 bits per heavy atom. The number of carbonyl (C=O) groups is 3. The van der Waals surface area contributed by atoms with Gasteiger partial charge in [0.25, 0.3) is 5.91 Å². The third-order valence-corrected chi connectivity index (χ3v) is 10.2. The Kier molecular flexibility index (Phi) is 9.76. The summed E-state index contributed by atoms with van der Waals surface area (Å²) in [7, 11) is 1.70. The Balaban J connectivity index is 1.83. The summed E-state index contributed by atoms with van der Waals surface area (Å²) in [5.41, 5.74) is -0.310. The summed E-state index contributed by atoms with van der Waals surface area (Å²) < 4.78 is 6.82. The van der Waals surface area contributed by atoms with Gasteiger partial charge in [0.05, 0.1) is 30.1 Å². The molecule has 236 valence electrons. The number of ether oxygens (including phenoxy) is 1. The number of rotatable bonds is 14. The van der Waals surface area contributed by atoms with Gasteiger partial charge in [-0.25, -0.2) is 0 Å². The highest BCUT2D eigenvalue weighted by molar-refractivity contribution is 6.05. The lowest BCUT2D eigenvalue weighted by Crippen LogP contribution is -2.60. The van der Waals surface area contributed by atoms with Crippen LogP contribution in [-0.2, 0) is 19.1 Å². The maximum Gasteiger partial charge on any atom is 0.253 e. The van der Waals surface area contributed by atoms with Crippen LogP contribution in [0.5, 0.6) is 0 Å². The van der Waals surface area contributed by atoms with E-state index in [1.807, 2.05) is 45.0 Å². The first-order valence-electron chi connectivity index (χ1n) is 15.8. The van der Waals surface area contributed by atoms with Crippen LogP contribution in [0, 0.1) is 17.8 Å². The number of hydrogen-bond acceptors (Lipinski definition) is 6. The first-order valence-corrected chi connectivity index (χ1v) is 15.8. The van der Waals surface area contributed by atoms with E-state index in [0.29, 0.717) is 31.5 Å². The van der Waals surface area contributed by atoms with Gasteiger partial charge in [0, 0.05) is 44.6 Å². The highest BCUT2D eigenvalue weighted by Crippen LogP contribution is 2.64. The minimum absolute atomic E-state index is 0.0777. The molecule has 1 aromatic rings. The average Bonchev–Trinajstić information content (AvgIpc) is 3.57. The van der Waals surface area contributed by atoms with Crippen LogP contribution in [0.3, 0.4) is 0 Å². The second-order valence-electron chi connectivity index (χ2n) is 12.5. The number of likely N-dealkylation sites (N-methyl/N-ethyl adjacent to an activating group) is 1. The van der Waals surface area contributed by atoms with Gasteiger partial charge < -0.3 is 29.4 Å². The lowest BCUT2D eigenvalue weighted by Gasteiger charge is -2.41. The van der Waals surface area contributed by atoms with Crippen LogP contribution in [0.1, 0.15) is 53.9 Å². The Bertz CT molecular complexity index is 1220. The molecule has 9 nitrogen and oxygen atoms in total. The molecule has 4 rings (SSSR count). The second-order valence-corrected chi connectivity index (χ2v) is 12.5. The van der Waals surface area contributed by atoms with Crippen molar-refractivity contribution in [2.45, 2.75) is 77.2 Å². The van der Waals surface area contributed by atoms with Gasteiger partial charge in [0.15, 0.2) is 0 Å². The molecule has 1 N–H and O–H groups in total. The van der Waals surface area contributed by atoms with E-state index in [4.69, 9.17) is 4.74 Å². The zero-order chi connectivity index (χ0) is 31.7. The number of aliphatic hydroxyl groups excluding tert-OH is 1. The molecular weight excluding hydrogens is 544 g/mol. The number of nitrogens with zero attached hydrogens (tertiary/aromatic N) is 4. The standard InChI is InChI=1S/C34H50N4O5/c1-9-20-35(8)30(40)27-28-31(41)38(26(22-39)23(6)11-3)29(34(28)19-18-33(27,7)43-34)32(42)37(21-10-2)25-16-14-24(15-17-25)36(12-4)13-5/h9-10,14-17,23,26-29,39H,1-2,11-13,18-22H2,3-8H3/t23-,26-,27+,28-,29?,33-,34?/m0/s1. The van der Waals surface area contributed by atoms with E-state index in [1.54, 1.807) is 33.9 Å². The predicted octanol–water partition coefficient (Wildman–Crippen LogP) is 3.87. The van der Waals surface area contributed by atoms with Gasteiger partial charge in [-0.05, 0) is 63.8 Å². The molecule has 0 saturated carbocycles. The number of fused-ring (bicyclic) bond motifs is 1. The van der Waals surface area contributed by atoms with Crippen molar-refractivity contribution in [1.29, 1.82) is 0 Å². The molecule has 0 aliphatic carbocycles. The summed E-state index contributed by atoms with van der Waals surface area (Å²) in [5.74, 6) is -2.41. The molecule has 3 aliphatic rings. The lowest BCUT2D eigenvalue weighted by atomic mass is 9.66. The van der Waals surface area contributed by atoms with Crippen LogP contribution >= 0.6 is 0 Å². The Morgan fingerprint density at radius 3 is 2.21 bits per heavy atom. The monoisotopic (exact) mass is 594 g/mol. The van der Waals surface area contributed by atoms with Crippen LogP contribution < -0.4 is 9.80 Å². The van der Waals surface area contributed by atoms with Gasteiger partial charge in [0.1, 0.15) is 11.6 Å². The number of benzene rings is 1. The normalized spacial score (nSPS) is 28.8. The van der Waals surface area contributed by atoms with E-state index in [0.717, 1.165) is 18.8 Å². The summed E-state index contributed by atoms with van der Waals surface area (Å²) >= 11 is 0. The summed E-state index contributed by atoms with van der Waals surface area (Å²) in [4.78, 5) is 50.4. The third kappa shape index (κ3) is 5.29. The minimum atomic E-state index is -1.18. The molecular formula is C34H50N4O5. The molecule has 1 aromatic carbocycles. The van der Waals surface area contributed by atoms with Crippen molar-refractivity contribution in [2.75, 3.05) is 49.6 Å². The van der Waals surface area contributed by atoms with Crippen LogP contribution in [-0.4, -0.2) is 95.7 Å². The van der Waals surface area contributed by atoms with Crippen molar-refractivity contribution in [2.24, 2.45) is 17.8 Å². The fraction of sp³-hybridized carbons (Fsp3) is 0.618. The molecule has 2 bridgehead atoms. The van der Waals surface area contributed by atoms with Crippen molar-refractivity contribution in [1.82, 2.24) is 9.80 Å². The fourth-order valence-electron chi connectivity index (χ4n) is 7.74. The molecule has 1 spiro atoms. The van der Waals surface area contributed by atoms with Gasteiger partial charge in [-0.15, -0.1) is 13.2 Å². The molecule has 7 atom stereocenters. The first-order chi connectivity index (χ1) is 20.5. The van der Waals surface area contributed by atoms with E-state index in [1.165, 1.54) is 0 Å². The molecule has 3 saturated heterocycles. The number of likely N-dealkylation sites (tertiary alicyclic amines) is 1. The van der Waals surface area contributed by atoms with Crippen LogP contribution in [0.2, 0.25) is 0 Å². The van der Waals surface area contributed by atoms with Crippen LogP contribution in [0.25, 0.3) is 0 Å². The summed E-state index contributed by atoms with van der Waals surface area (Å²) in [6.07, 6.45) is 5.07. The van der Waals surface area contributed by atoms with E-state index in [2.05, 4.69) is 31.9 Å². The van der Waals surface area contributed by atoms with Crippen molar-refractivity contribution >= 4 is 29.1 Å². The quantitative estimate of drug-likeness (QED) is 0.329. The third-order valence-electron chi connectivity index (χ3n) is 10.2. The Hall–Kier alpha value is -3.17. The number of carbonyl (C=O) groups excluding carboxylic acids is 3. The first kappa shape index (κ1) is 32.7. The molecule has 9 heteroatoms. The van der Waals surface area contributed by atoms with Crippen LogP contribution in [0.4, 0.5) is 11.4 Å². The van der Waals surface area contributed by atoms with Gasteiger partial charge in [0.2, 0.25) is 11.8 Å². The summed E-state index contributed by atoms with van der Waals surface area (Å²) in [6, 6.07) is 6.26. The van der Waals surface area contributed by atoms with Crippen molar-refractivity contribution < 1.29 is 24.2 Å². The Morgan fingerprint density at radius 1 is 1.07 bits per heavy atom. The van der Waals surface area contributed by atoms with Gasteiger partial charge in [-0.1, -0.05) is 32.4 Å². The minimum Gasteiger partial charge on any atom is -0.394 e. The largest absolute Gasteiger partial charge is 0.394 e. The number of hydrogen-bond donors (Lipinski definition) is 1.